The summed E-state index contributed by atoms with van der Waals surface area (Å²) >= 11 is 4.77. The standard InChI is InChI=1S/C9H12BrNO2S/c1-6(12)4-11(2)9(13)7-3-8(10)14-5-7/h3,5-6,12H,4H2,1-2H3. The summed E-state index contributed by atoms with van der Waals surface area (Å²) in [6.07, 6.45) is -0.494. The molecule has 1 aromatic heterocycles. The summed E-state index contributed by atoms with van der Waals surface area (Å²) in [4.78, 5) is 13.2. The van der Waals surface area contributed by atoms with Gasteiger partial charge in [0.05, 0.1) is 15.5 Å². The SMILES string of the molecule is CC(O)CN(C)C(=O)c1csc(Br)c1. The highest BCUT2D eigenvalue weighted by molar-refractivity contribution is 9.11. The van der Waals surface area contributed by atoms with E-state index < -0.39 is 6.10 Å². The number of rotatable bonds is 3. The predicted octanol–water partition coefficient (Wildman–Crippen LogP) is 1.96. The van der Waals surface area contributed by atoms with Gasteiger partial charge in [-0.25, -0.2) is 0 Å². The lowest BCUT2D eigenvalue weighted by Gasteiger charge is -2.17. The van der Waals surface area contributed by atoms with Crippen LogP contribution in [0.4, 0.5) is 0 Å². The van der Waals surface area contributed by atoms with Gasteiger partial charge in [0.2, 0.25) is 0 Å². The Bertz CT molecular complexity index is 324. The van der Waals surface area contributed by atoms with Gasteiger partial charge in [-0.15, -0.1) is 11.3 Å². The van der Waals surface area contributed by atoms with E-state index in [0.29, 0.717) is 12.1 Å². The van der Waals surface area contributed by atoms with Gasteiger partial charge in [0, 0.05) is 19.0 Å². The molecule has 1 amide bonds. The number of amides is 1. The molecule has 0 spiro atoms. The largest absolute Gasteiger partial charge is 0.392 e. The van der Waals surface area contributed by atoms with Gasteiger partial charge in [0.15, 0.2) is 0 Å². The molecule has 0 aromatic carbocycles. The summed E-state index contributed by atoms with van der Waals surface area (Å²) < 4.78 is 0.936. The van der Waals surface area contributed by atoms with Crippen LogP contribution in [0.1, 0.15) is 17.3 Å². The third-order valence-corrected chi connectivity index (χ3v) is 3.20. The van der Waals surface area contributed by atoms with Crippen LogP contribution in [0.2, 0.25) is 0 Å². The van der Waals surface area contributed by atoms with E-state index in [2.05, 4.69) is 15.9 Å². The molecule has 0 saturated carbocycles. The Hall–Kier alpha value is -0.390. The minimum Gasteiger partial charge on any atom is -0.392 e. The number of carbonyl (C=O) groups is 1. The first-order valence-corrected chi connectivity index (χ1v) is 5.85. The van der Waals surface area contributed by atoms with Crippen molar-refractivity contribution in [2.24, 2.45) is 0 Å². The van der Waals surface area contributed by atoms with E-state index in [0.717, 1.165) is 3.79 Å². The fourth-order valence-corrected chi connectivity index (χ4v) is 2.25. The minimum absolute atomic E-state index is 0.0622. The zero-order valence-corrected chi connectivity index (χ0v) is 10.4. The lowest BCUT2D eigenvalue weighted by molar-refractivity contribution is 0.0704. The van der Waals surface area contributed by atoms with Crippen LogP contribution in [0, 0.1) is 0 Å². The molecule has 1 atom stereocenters. The molecule has 1 heterocycles. The highest BCUT2D eigenvalue weighted by atomic mass is 79.9. The first kappa shape index (κ1) is 11.7. The van der Waals surface area contributed by atoms with Crippen molar-refractivity contribution in [1.82, 2.24) is 4.90 Å². The zero-order valence-electron chi connectivity index (χ0n) is 8.03. The maximum absolute atomic E-state index is 11.7. The molecule has 0 aliphatic carbocycles. The smallest absolute Gasteiger partial charge is 0.254 e. The van der Waals surface area contributed by atoms with Crippen LogP contribution in [0.25, 0.3) is 0 Å². The van der Waals surface area contributed by atoms with E-state index in [-0.39, 0.29) is 5.91 Å². The number of nitrogens with zero attached hydrogens (tertiary/aromatic N) is 1. The molecule has 1 unspecified atom stereocenters. The molecule has 0 radical (unpaired) electrons. The Morgan fingerprint density at radius 1 is 1.79 bits per heavy atom. The molecule has 1 aromatic rings. The second-order valence-corrected chi connectivity index (χ2v) is 5.46. The van der Waals surface area contributed by atoms with Crippen molar-refractivity contribution >= 4 is 33.2 Å². The van der Waals surface area contributed by atoms with E-state index in [1.807, 2.05) is 0 Å². The molecule has 0 aliphatic rings. The van der Waals surface area contributed by atoms with E-state index in [1.54, 1.807) is 25.4 Å². The molecule has 1 N–H and O–H groups in total. The molecule has 0 saturated heterocycles. The molecule has 78 valence electrons. The average Bonchev–Trinajstić information content (AvgIpc) is 2.49. The number of halogens is 1. The van der Waals surface area contributed by atoms with Gasteiger partial charge in [-0.3, -0.25) is 4.79 Å². The number of aliphatic hydroxyl groups is 1. The van der Waals surface area contributed by atoms with Gasteiger partial charge >= 0.3 is 0 Å². The fourth-order valence-electron chi connectivity index (χ4n) is 1.12. The van der Waals surface area contributed by atoms with Gasteiger partial charge in [0.25, 0.3) is 5.91 Å². The first-order valence-electron chi connectivity index (χ1n) is 4.18. The molecule has 0 bridgehead atoms. The molecule has 0 aliphatic heterocycles. The van der Waals surface area contributed by atoms with Crippen molar-refractivity contribution in [3.63, 3.8) is 0 Å². The Kier molecular flexibility index (Phi) is 4.10. The number of carbonyl (C=O) groups excluding carboxylic acids is 1. The summed E-state index contributed by atoms with van der Waals surface area (Å²) in [5.41, 5.74) is 0.657. The summed E-state index contributed by atoms with van der Waals surface area (Å²) in [5, 5.41) is 10.9. The molecule has 0 fully saturated rings. The van der Waals surface area contributed by atoms with Crippen LogP contribution in [-0.2, 0) is 0 Å². The number of aliphatic hydroxyl groups excluding tert-OH is 1. The van der Waals surface area contributed by atoms with Crippen LogP contribution in [0.5, 0.6) is 0 Å². The second-order valence-electron chi connectivity index (χ2n) is 3.17. The molecule has 14 heavy (non-hydrogen) atoms. The molecule has 5 heteroatoms. The van der Waals surface area contributed by atoms with E-state index in [1.165, 1.54) is 16.2 Å². The average molecular weight is 278 g/mol. The summed E-state index contributed by atoms with van der Waals surface area (Å²) in [6, 6.07) is 1.78. The first-order chi connectivity index (χ1) is 6.50. The lowest BCUT2D eigenvalue weighted by Crippen LogP contribution is -2.32. The Morgan fingerprint density at radius 2 is 2.43 bits per heavy atom. The van der Waals surface area contributed by atoms with Gasteiger partial charge in [-0.05, 0) is 28.9 Å². The van der Waals surface area contributed by atoms with Crippen LogP contribution >= 0.6 is 27.3 Å². The van der Waals surface area contributed by atoms with E-state index in [9.17, 15) is 4.79 Å². The number of thiophene rings is 1. The van der Waals surface area contributed by atoms with E-state index >= 15 is 0 Å². The number of hydrogen-bond acceptors (Lipinski definition) is 3. The third-order valence-electron chi connectivity index (χ3n) is 1.70. The summed E-state index contributed by atoms with van der Waals surface area (Å²) in [7, 11) is 1.68. The lowest BCUT2D eigenvalue weighted by atomic mass is 10.3. The fraction of sp³-hybridized carbons (Fsp3) is 0.444. The molecular weight excluding hydrogens is 266 g/mol. The normalized spacial score (nSPS) is 12.6. The van der Waals surface area contributed by atoms with Gasteiger partial charge in [-0.2, -0.15) is 0 Å². The van der Waals surface area contributed by atoms with Crippen molar-refractivity contribution in [2.75, 3.05) is 13.6 Å². The monoisotopic (exact) mass is 277 g/mol. The number of likely N-dealkylation sites (N-methyl/N-ethyl adjacent to an activating group) is 1. The van der Waals surface area contributed by atoms with Crippen molar-refractivity contribution in [2.45, 2.75) is 13.0 Å². The van der Waals surface area contributed by atoms with Crippen LogP contribution in [0.15, 0.2) is 15.2 Å². The topological polar surface area (TPSA) is 40.5 Å². The van der Waals surface area contributed by atoms with Crippen LogP contribution in [0.3, 0.4) is 0 Å². The van der Waals surface area contributed by atoms with Crippen LogP contribution in [-0.4, -0.2) is 35.6 Å². The molecule has 3 nitrogen and oxygen atoms in total. The van der Waals surface area contributed by atoms with Crippen molar-refractivity contribution in [3.05, 3.63) is 20.8 Å². The minimum atomic E-state index is -0.494. The summed E-state index contributed by atoms with van der Waals surface area (Å²) in [5.74, 6) is -0.0622. The second kappa shape index (κ2) is 4.91. The maximum Gasteiger partial charge on any atom is 0.254 e. The predicted molar refractivity (Wildman–Crippen MR) is 60.7 cm³/mol. The van der Waals surface area contributed by atoms with E-state index in [4.69, 9.17) is 5.11 Å². The van der Waals surface area contributed by atoms with Crippen molar-refractivity contribution in [3.8, 4) is 0 Å². The Labute approximate surface area is 95.5 Å². The van der Waals surface area contributed by atoms with Crippen molar-refractivity contribution in [1.29, 1.82) is 0 Å². The zero-order chi connectivity index (χ0) is 10.7. The molecule has 1 rings (SSSR count). The Morgan fingerprint density at radius 3 is 2.86 bits per heavy atom. The number of hydrogen-bond donors (Lipinski definition) is 1. The third kappa shape index (κ3) is 3.08. The Balaban J connectivity index is 2.65. The maximum atomic E-state index is 11.7. The highest BCUT2D eigenvalue weighted by Crippen LogP contribution is 2.21. The molecular formula is C9H12BrNO2S. The van der Waals surface area contributed by atoms with Gasteiger partial charge in [0.1, 0.15) is 0 Å². The van der Waals surface area contributed by atoms with Gasteiger partial charge < -0.3 is 10.0 Å². The van der Waals surface area contributed by atoms with Crippen LogP contribution < -0.4 is 0 Å². The summed E-state index contributed by atoms with van der Waals surface area (Å²) in [6.45, 7) is 2.01. The van der Waals surface area contributed by atoms with Crippen molar-refractivity contribution < 1.29 is 9.90 Å². The van der Waals surface area contributed by atoms with Gasteiger partial charge in [-0.1, -0.05) is 0 Å². The quantitative estimate of drug-likeness (QED) is 0.918. The highest BCUT2D eigenvalue weighted by Gasteiger charge is 2.14.